The van der Waals surface area contributed by atoms with E-state index in [-0.39, 0.29) is 11.7 Å². The van der Waals surface area contributed by atoms with Gasteiger partial charge in [-0.05, 0) is 40.8 Å². The quantitative estimate of drug-likeness (QED) is 0.687. The van der Waals surface area contributed by atoms with Crippen LogP contribution in [0.25, 0.3) is 28.4 Å². The molecular formula is C19H12O3S. The van der Waals surface area contributed by atoms with Crippen LogP contribution in [0.2, 0.25) is 0 Å². The molecule has 1 aromatic carbocycles. The third-order valence-corrected chi connectivity index (χ3v) is 4.62. The highest BCUT2D eigenvalue weighted by atomic mass is 32.1. The van der Waals surface area contributed by atoms with Gasteiger partial charge in [-0.3, -0.25) is 4.79 Å². The molecule has 112 valence electrons. The van der Waals surface area contributed by atoms with Gasteiger partial charge in [-0.1, -0.05) is 36.4 Å². The number of aromatic hydroxyl groups is 1. The van der Waals surface area contributed by atoms with E-state index in [0.717, 1.165) is 16.0 Å². The van der Waals surface area contributed by atoms with Gasteiger partial charge >= 0.3 is 0 Å². The van der Waals surface area contributed by atoms with Crippen LogP contribution in [0.1, 0.15) is 16.7 Å². The maximum Gasteiger partial charge on any atom is 0.289 e. The highest BCUT2D eigenvalue weighted by Gasteiger charge is 2.19. The topological polar surface area (TPSA) is 50.4 Å². The lowest BCUT2D eigenvalue weighted by Gasteiger charge is -2.12. The summed E-state index contributed by atoms with van der Waals surface area (Å²) in [6, 6.07) is 13.3. The molecule has 0 bridgehead atoms. The van der Waals surface area contributed by atoms with Crippen LogP contribution in [0, 0.1) is 0 Å². The molecule has 0 atom stereocenters. The van der Waals surface area contributed by atoms with Crippen LogP contribution < -0.4 is 0 Å². The molecule has 1 N–H and O–H groups in total. The first kappa shape index (κ1) is 13.8. The molecule has 3 nitrogen and oxygen atoms in total. The summed E-state index contributed by atoms with van der Waals surface area (Å²) in [4.78, 5) is 13.2. The van der Waals surface area contributed by atoms with E-state index >= 15 is 0 Å². The summed E-state index contributed by atoms with van der Waals surface area (Å²) in [7, 11) is 0. The van der Waals surface area contributed by atoms with Crippen molar-refractivity contribution in [3.63, 3.8) is 0 Å². The summed E-state index contributed by atoms with van der Waals surface area (Å²) in [6.07, 6.45) is 5.04. The summed E-state index contributed by atoms with van der Waals surface area (Å²) in [5.41, 5.74) is 2.90. The number of rotatable bonds is 2. The predicted octanol–water partition coefficient (Wildman–Crippen LogP) is 4.85. The Morgan fingerprint density at radius 2 is 1.96 bits per heavy atom. The molecule has 0 radical (unpaired) electrons. The van der Waals surface area contributed by atoms with Crippen LogP contribution in [-0.2, 0) is 4.79 Å². The Balaban J connectivity index is 1.82. The minimum absolute atomic E-state index is 0.0815. The first-order valence-electron chi connectivity index (χ1n) is 7.12. The van der Waals surface area contributed by atoms with Crippen molar-refractivity contribution in [2.75, 3.05) is 0 Å². The molecular weight excluding hydrogens is 308 g/mol. The number of carbonyl (C=O) groups excluding carboxylic acids is 1. The van der Waals surface area contributed by atoms with Gasteiger partial charge in [-0.25, -0.2) is 0 Å². The fourth-order valence-electron chi connectivity index (χ4n) is 2.62. The number of fused-ring (bicyclic) bond motifs is 1. The van der Waals surface area contributed by atoms with Gasteiger partial charge in [0.1, 0.15) is 5.76 Å². The number of carbonyl (C=O) groups is 1. The summed E-state index contributed by atoms with van der Waals surface area (Å²) in [5, 5.41) is 12.0. The summed E-state index contributed by atoms with van der Waals surface area (Å²) in [5.74, 6) is 0.333. The van der Waals surface area contributed by atoms with Gasteiger partial charge in [0.05, 0.1) is 10.4 Å². The number of hydrogen-bond donors (Lipinski definition) is 1. The Morgan fingerprint density at radius 1 is 1.09 bits per heavy atom. The number of allylic oxidation sites excluding steroid dienone is 2. The maximum absolute atomic E-state index is 12.2. The smallest absolute Gasteiger partial charge is 0.289 e. The van der Waals surface area contributed by atoms with Crippen LogP contribution in [0.15, 0.2) is 58.3 Å². The Hall–Kier alpha value is -2.85. The number of benzene rings is 1. The molecule has 23 heavy (non-hydrogen) atoms. The van der Waals surface area contributed by atoms with E-state index in [1.54, 1.807) is 24.3 Å². The Labute approximate surface area is 136 Å². The molecule has 0 aliphatic heterocycles. The van der Waals surface area contributed by atoms with E-state index < -0.39 is 0 Å². The Morgan fingerprint density at radius 3 is 2.78 bits per heavy atom. The van der Waals surface area contributed by atoms with Crippen molar-refractivity contribution in [2.45, 2.75) is 0 Å². The molecule has 0 saturated heterocycles. The SMILES string of the molecule is O=C1C=Cc2ccccc2C1=Cc1cc(-c2cccs2)oc1O. The lowest BCUT2D eigenvalue weighted by Crippen LogP contribution is -2.04. The normalized spacial score (nSPS) is 15.1. The lowest BCUT2D eigenvalue weighted by atomic mass is 9.90. The molecule has 0 fully saturated rings. The maximum atomic E-state index is 12.2. The fraction of sp³-hybridized carbons (Fsp3) is 0. The van der Waals surface area contributed by atoms with Gasteiger partial charge in [0, 0.05) is 5.57 Å². The molecule has 0 unspecified atom stereocenters. The summed E-state index contributed by atoms with van der Waals surface area (Å²) < 4.78 is 5.42. The van der Waals surface area contributed by atoms with E-state index in [0.29, 0.717) is 16.9 Å². The molecule has 4 rings (SSSR count). The third kappa shape index (κ3) is 2.43. The van der Waals surface area contributed by atoms with E-state index in [1.807, 2.05) is 41.8 Å². The molecule has 2 heterocycles. The van der Waals surface area contributed by atoms with Crippen molar-refractivity contribution >= 4 is 34.8 Å². The van der Waals surface area contributed by atoms with Crippen LogP contribution in [0.5, 0.6) is 5.95 Å². The highest BCUT2D eigenvalue weighted by Crippen LogP contribution is 2.36. The first-order valence-corrected chi connectivity index (χ1v) is 8.00. The first-order chi connectivity index (χ1) is 11.2. The van der Waals surface area contributed by atoms with Crippen molar-refractivity contribution < 1.29 is 14.3 Å². The van der Waals surface area contributed by atoms with Crippen molar-refractivity contribution in [1.29, 1.82) is 0 Å². The number of thiophene rings is 1. The predicted molar refractivity (Wildman–Crippen MR) is 92.0 cm³/mol. The van der Waals surface area contributed by atoms with E-state index in [9.17, 15) is 9.90 Å². The largest absolute Gasteiger partial charge is 0.480 e. The van der Waals surface area contributed by atoms with Gasteiger partial charge in [0.2, 0.25) is 0 Å². The third-order valence-electron chi connectivity index (χ3n) is 3.73. The van der Waals surface area contributed by atoms with Crippen LogP contribution >= 0.6 is 11.3 Å². The molecule has 2 aromatic heterocycles. The number of hydrogen-bond acceptors (Lipinski definition) is 4. The van der Waals surface area contributed by atoms with Crippen molar-refractivity contribution in [1.82, 2.24) is 0 Å². The zero-order valence-electron chi connectivity index (χ0n) is 12.0. The lowest BCUT2D eigenvalue weighted by molar-refractivity contribution is -0.109. The zero-order valence-corrected chi connectivity index (χ0v) is 12.8. The standard InChI is InChI=1S/C19H12O3S/c20-16-8-7-12-4-1-2-5-14(12)15(16)10-13-11-17(22-19(13)21)18-6-3-9-23-18/h1-11,21H. The molecule has 1 aliphatic carbocycles. The van der Waals surface area contributed by atoms with Gasteiger partial charge in [-0.2, -0.15) is 0 Å². The van der Waals surface area contributed by atoms with Gasteiger partial charge in [0.25, 0.3) is 5.95 Å². The second-order valence-corrected chi connectivity index (χ2v) is 6.14. The van der Waals surface area contributed by atoms with Crippen LogP contribution in [0.3, 0.4) is 0 Å². The van der Waals surface area contributed by atoms with Crippen LogP contribution in [-0.4, -0.2) is 10.9 Å². The van der Waals surface area contributed by atoms with Gasteiger partial charge < -0.3 is 9.52 Å². The number of ketones is 1. The molecule has 0 amide bonds. The second kappa shape index (κ2) is 5.41. The van der Waals surface area contributed by atoms with Crippen molar-refractivity contribution in [2.24, 2.45) is 0 Å². The molecule has 4 heteroatoms. The van der Waals surface area contributed by atoms with E-state index in [2.05, 4.69) is 0 Å². The highest BCUT2D eigenvalue weighted by molar-refractivity contribution is 7.13. The summed E-state index contributed by atoms with van der Waals surface area (Å²) in [6.45, 7) is 0. The Kier molecular flexibility index (Phi) is 3.24. The van der Waals surface area contributed by atoms with Gasteiger partial charge in [0.15, 0.2) is 5.78 Å². The average Bonchev–Trinajstić information content (AvgIpc) is 3.20. The average molecular weight is 320 g/mol. The molecule has 0 saturated carbocycles. The van der Waals surface area contributed by atoms with Crippen molar-refractivity contribution in [3.05, 3.63) is 70.6 Å². The minimum atomic E-state index is -0.180. The number of furan rings is 1. The molecule has 0 spiro atoms. The van der Waals surface area contributed by atoms with Crippen LogP contribution in [0.4, 0.5) is 0 Å². The van der Waals surface area contributed by atoms with Gasteiger partial charge in [-0.15, -0.1) is 11.3 Å². The minimum Gasteiger partial charge on any atom is -0.480 e. The molecule has 1 aliphatic rings. The summed E-state index contributed by atoms with van der Waals surface area (Å²) >= 11 is 1.53. The van der Waals surface area contributed by atoms with E-state index in [4.69, 9.17) is 4.42 Å². The fourth-order valence-corrected chi connectivity index (χ4v) is 3.30. The monoisotopic (exact) mass is 320 g/mol. The Bertz CT molecular complexity index is 943. The molecule has 3 aromatic rings. The van der Waals surface area contributed by atoms with E-state index in [1.165, 1.54) is 11.3 Å². The van der Waals surface area contributed by atoms with Crippen molar-refractivity contribution in [3.8, 4) is 16.6 Å². The zero-order chi connectivity index (χ0) is 15.8. The second-order valence-electron chi connectivity index (χ2n) is 5.19.